The fourth-order valence-corrected chi connectivity index (χ4v) is 1.95. The Kier molecular flexibility index (Phi) is 3.03. The first-order chi connectivity index (χ1) is 9.22. The molecule has 0 bridgehead atoms. The largest absolute Gasteiger partial charge is 0.339 e. The Hall–Kier alpha value is -2.17. The molecule has 2 aromatic rings. The summed E-state index contributed by atoms with van der Waals surface area (Å²) in [5.41, 5.74) is 1.82. The monoisotopic (exact) mass is 257 g/mol. The summed E-state index contributed by atoms with van der Waals surface area (Å²) in [6, 6.07) is 7.71. The quantitative estimate of drug-likeness (QED) is 0.912. The summed E-state index contributed by atoms with van der Waals surface area (Å²) in [5, 5.41) is 6.74. The Morgan fingerprint density at radius 2 is 2.21 bits per heavy atom. The first kappa shape index (κ1) is 11.9. The third-order valence-corrected chi connectivity index (χ3v) is 3.13. The molecular formula is C14H15N3O2. The highest BCUT2D eigenvalue weighted by molar-refractivity contribution is 5.94. The highest BCUT2D eigenvalue weighted by Crippen LogP contribution is 2.30. The molecule has 1 aliphatic rings. The SMILES string of the molecule is Cc1noc(Cc2ccccc2NC(=O)C2CC2)n1. The maximum atomic E-state index is 11.8. The van der Waals surface area contributed by atoms with Gasteiger partial charge >= 0.3 is 0 Å². The number of aryl methyl sites for hydroxylation is 1. The van der Waals surface area contributed by atoms with Gasteiger partial charge < -0.3 is 9.84 Å². The molecule has 1 fully saturated rings. The summed E-state index contributed by atoms with van der Waals surface area (Å²) < 4.78 is 5.11. The van der Waals surface area contributed by atoms with E-state index in [9.17, 15) is 4.79 Å². The Bertz CT molecular complexity index is 602. The van der Waals surface area contributed by atoms with Gasteiger partial charge in [-0.1, -0.05) is 23.4 Å². The standard InChI is InChI=1S/C14H15N3O2/c1-9-15-13(19-17-9)8-11-4-2-3-5-12(11)16-14(18)10-6-7-10/h2-5,10H,6-8H2,1H3,(H,16,18). The molecule has 0 radical (unpaired) electrons. The van der Waals surface area contributed by atoms with Crippen LogP contribution in [-0.2, 0) is 11.2 Å². The van der Waals surface area contributed by atoms with Crippen LogP contribution in [-0.4, -0.2) is 16.0 Å². The van der Waals surface area contributed by atoms with Crippen LogP contribution in [0.4, 0.5) is 5.69 Å². The van der Waals surface area contributed by atoms with Crippen LogP contribution in [0.25, 0.3) is 0 Å². The van der Waals surface area contributed by atoms with E-state index in [0.29, 0.717) is 18.1 Å². The van der Waals surface area contributed by atoms with E-state index in [1.54, 1.807) is 6.92 Å². The molecular weight excluding hydrogens is 242 g/mol. The minimum absolute atomic E-state index is 0.106. The number of aromatic nitrogens is 2. The van der Waals surface area contributed by atoms with Crippen LogP contribution in [0.1, 0.15) is 30.1 Å². The van der Waals surface area contributed by atoms with Crippen molar-refractivity contribution in [2.24, 2.45) is 5.92 Å². The fraction of sp³-hybridized carbons (Fsp3) is 0.357. The molecule has 0 atom stereocenters. The van der Waals surface area contributed by atoms with Crippen molar-refractivity contribution < 1.29 is 9.32 Å². The maximum absolute atomic E-state index is 11.8. The van der Waals surface area contributed by atoms with E-state index in [0.717, 1.165) is 24.1 Å². The Balaban J connectivity index is 1.78. The molecule has 1 heterocycles. The van der Waals surface area contributed by atoms with Crippen molar-refractivity contribution >= 4 is 11.6 Å². The second-order valence-electron chi connectivity index (χ2n) is 4.83. The summed E-state index contributed by atoms with van der Waals surface area (Å²) in [7, 11) is 0. The lowest BCUT2D eigenvalue weighted by atomic mass is 10.1. The smallest absolute Gasteiger partial charge is 0.231 e. The van der Waals surface area contributed by atoms with Crippen LogP contribution >= 0.6 is 0 Å². The van der Waals surface area contributed by atoms with Gasteiger partial charge in [0.15, 0.2) is 5.82 Å². The molecule has 1 aromatic heterocycles. The van der Waals surface area contributed by atoms with Gasteiger partial charge in [0, 0.05) is 11.6 Å². The molecule has 0 unspecified atom stereocenters. The van der Waals surface area contributed by atoms with Crippen LogP contribution in [0.15, 0.2) is 28.8 Å². The van der Waals surface area contributed by atoms with Crippen LogP contribution in [0, 0.1) is 12.8 Å². The van der Waals surface area contributed by atoms with Crippen molar-refractivity contribution in [3.05, 3.63) is 41.5 Å². The van der Waals surface area contributed by atoms with Gasteiger partial charge in [-0.25, -0.2) is 0 Å². The number of nitrogens with zero attached hydrogens (tertiary/aromatic N) is 2. The summed E-state index contributed by atoms with van der Waals surface area (Å²) >= 11 is 0. The Morgan fingerprint density at radius 3 is 2.89 bits per heavy atom. The molecule has 0 saturated heterocycles. The summed E-state index contributed by atoms with van der Waals surface area (Å²) in [6.07, 6.45) is 2.52. The second-order valence-corrected chi connectivity index (χ2v) is 4.83. The van der Waals surface area contributed by atoms with Gasteiger partial charge in [-0.05, 0) is 31.4 Å². The number of hydrogen-bond donors (Lipinski definition) is 1. The van der Waals surface area contributed by atoms with Crippen molar-refractivity contribution in [2.45, 2.75) is 26.2 Å². The Labute approximate surface area is 111 Å². The van der Waals surface area contributed by atoms with E-state index in [-0.39, 0.29) is 11.8 Å². The predicted octanol–water partition coefficient (Wildman–Crippen LogP) is 2.32. The molecule has 98 valence electrons. The van der Waals surface area contributed by atoms with Crippen molar-refractivity contribution in [3.8, 4) is 0 Å². The molecule has 1 aromatic carbocycles. The maximum Gasteiger partial charge on any atom is 0.231 e. The molecule has 5 nitrogen and oxygen atoms in total. The zero-order valence-electron chi connectivity index (χ0n) is 10.7. The summed E-state index contributed by atoms with van der Waals surface area (Å²) in [6.45, 7) is 1.79. The number of anilines is 1. The third kappa shape index (κ3) is 2.81. The first-order valence-corrected chi connectivity index (χ1v) is 6.40. The molecule has 1 aliphatic carbocycles. The number of benzene rings is 1. The van der Waals surface area contributed by atoms with Gasteiger partial charge in [0.25, 0.3) is 0 Å². The highest BCUT2D eigenvalue weighted by atomic mass is 16.5. The van der Waals surface area contributed by atoms with Gasteiger partial charge in [-0.2, -0.15) is 4.98 Å². The number of hydrogen-bond acceptors (Lipinski definition) is 4. The van der Waals surface area contributed by atoms with Gasteiger partial charge in [0.1, 0.15) is 0 Å². The van der Waals surface area contributed by atoms with Gasteiger partial charge in [-0.15, -0.1) is 0 Å². The number of amides is 1. The van der Waals surface area contributed by atoms with Gasteiger partial charge in [0.05, 0.1) is 6.42 Å². The number of nitrogens with one attached hydrogen (secondary N) is 1. The normalized spacial score (nSPS) is 14.4. The molecule has 19 heavy (non-hydrogen) atoms. The van der Waals surface area contributed by atoms with E-state index in [1.165, 1.54) is 0 Å². The molecule has 3 rings (SSSR count). The van der Waals surface area contributed by atoms with E-state index in [1.807, 2.05) is 24.3 Å². The number of para-hydroxylation sites is 1. The lowest BCUT2D eigenvalue weighted by Gasteiger charge is -2.09. The summed E-state index contributed by atoms with van der Waals surface area (Å²) in [4.78, 5) is 16.0. The lowest BCUT2D eigenvalue weighted by molar-refractivity contribution is -0.117. The third-order valence-electron chi connectivity index (χ3n) is 3.13. The van der Waals surface area contributed by atoms with Gasteiger partial charge in [0.2, 0.25) is 11.8 Å². The number of carbonyl (C=O) groups is 1. The average molecular weight is 257 g/mol. The van der Waals surface area contributed by atoms with Crippen LogP contribution < -0.4 is 5.32 Å². The van der Waals surface area contributed by atoms with Crippen LogP contribution in [0.3, 0.4) is 0 Å². The number of rotatable bonds is 4. The van der Waals surface area contributed by atoms with Gasteiger partial charge in [-0.3, -0.25) is 4.79 Å². The zero-order chi connectivity index (χ0) is 13.2. The van der Waals surface area contributed by atoms with E-state index < -0.39 is 0 Å². The molecule has 5 heteroatoms. The van der Waals surface area contributed by atoms with Crippen LogP contribution in [0.2, 0.25) is 0 Å². The van der Waals surface area contributed by atoms with Crippen molar-refractivity contribution in [3.63, 3.8) is 0 Å². The first-order valence-electron chi connectivity index (χ1n) is 6.40. The molecule has 1 saturated carbocycles. The lowest BCUT2D eigenvalue weighted by Crippen LogP contribution is -2.14. The molecule has 0 spiro atoms. The predicted molar refractivity (Wildman–Crippen MR) is 69.6 cm³/mol. The molecule has 1 amide bonds. The van der Waals surface area contributed by atoms with Crippen LogP contribution in [0.5, 0.6) is 0 Å². The minimum atomic E-state index is 0.106. The molecule has 1 N–H and O–H groups in total. The average Bonchev–Trinajstić information content (AvgIpc) is 3.17. The van der Waals surface area contributed by atoms with Crippen molar-refractivity contribution in [1.82, 2.24) is 10.1 Å². The van der Waals surface area contributed by atoms with Crippen molar-refractivity contribution in [2.75, 3.05) is 5.32 Å². The zero-order valence-corrected chi connectivity index (χ0v) is 10.7. The summed E-state index contributed by atoms with van der Waals surface area (Å²) in [5.74, 6) is 1.48. The fourth-order valence-electron chi connectivity index (χ4n) is 1.95. The van der Waals surface area contributed by atoms with E-state index in [2.05, 4.69) is 15.5 Å². The number of carbonyl (C=O) groups excluding carboxylic acids is 1. The van der Waals surface area contributed by atoms with E-state index >= 15 is 0 Å². The van der Waals surface area contributed by atoms with E-state index in [4.69, 9.17) is 4.52 Å². The molecule has 0 aliphatic heterocycles. The topological polar surface area (TPSA) is 68.0 Å². The Morgan fingerprint density at radius 1 is 1.42 bits per heavy atom. The highest BCUT2D eigenvalue weighted by Gasteiger charge is 2.29. The minimum Gasteiger partial charge on any atom is -0.339 e. The second kappa shape index (κ2) is 4.84. The van der Waals surface area contributed by atoms with Crippen molar-refractivity contribution in [1.29, 1.82) is 0 Å².